The number of hydrazone groups is 1. The zero-order valence-corrected chi connectivity index (χ0v) is 13.8. The second kappa shape index (κ2) is 6.72. The van der Waals surface area contributed by atoms with E-state index in [1.54, 1.807) is 37.4 Å². The second-order valence-electron chi connectivity index (χ2n) is 5.10. The zero-order valence-electron chi connectivity index (χ0n) is 13.0. The third kappa shape index (κ3) is 3.38. The average Bonchev–Trinajstić information content (AvgIpc) is 2.61. The Morgan fingerprint density at radius 3 is 2.46 bits per heavy atom. The van der Waals surface area contributed by atoms with Crippen molar-refractivity contribution in [3.8, 4) is 5.75 Å². The SMILES string of the molecule is COc1ccccc1C=NNS(=O)(=O)c1ccc2ccccc2c1. The smallest absolute Gasteiger partial charge is 0.276 e. The van der Waals surface area contributed by atoms with E-state index in [1.807, 2.05) is 36.4 Å². The van der Waals surface area contributed by atoms with Gasteiger partial charge in [0.1, 0.15) is 5.75 Å². The van der Waals surface area contributed by atoms with E-state index in [2.05, 4.69) is 9.93 Å². The zero-order chi connectivity index (χ0) is 17.0. The molecule has 0 amide bonds. The Bertz CT molecular complexity index is 998. The maximum Gasteiger partial charge on any atom is 0.276 e. The minimum absolute atomic E-state index is 0.165. The van der Waals surface area contributed by atoms with Gasteiger partial charge in [-0.1, -0.05) is 42.5 Å². The highest BCUT2D eigenvalue weighted by molar-refractivity contribution is 7.89. The summed E-state index contributed by atoms with van der Waals surface area (Å²) in [5.74, 6) is 0.617. The molecule has 3 aromatic rings. The van der Waals surface area contributed by atoms with Crippen LogP contribution in [0.5, 0.6) is 5.75 Å². The van der Waals surface area contributed by atoms with Crippen LogP contribution in [0, 0.1) is 0 Å². The van der Waals surface area contributed by atoms with Crippen LogP contribution in [-0.4, -0.2) is 21.7 Å². The first-order valence-electron chi connectivity index (χ1n) is 7.27. The summed E-state index contributed by atoms with van der Waals surface area (Å²) in [6.07, 6.45) is 1.41. The van der Waals surface area contributed by atoms with Gasteiger partial charge in [0.2, 0.25) is 0 Å². The molecule has 3 rings (SSSR count). The fourth-order valence-corrected chi connectivity index (χ4v) is 3.15. The van der Waals surface area contributed by atoms with E-state index in [4.69, 9.17) is 4.74 Å². The molecule has 0 bridgehead atoms. The summed E-state index contributed by atoms with van der Waals surface area (Å²) in [4.78, 5) is 2.39. The van der Waals surface area contributed by atoms with Crippen LogP contribution in [0.3, 0.4) is 0 Å². The number of hydrogen-bond donors (Lipinski definition) is 1. The number of ether oxygens (including phenoxy) is 1. The molecule has 0 heterocycles. The van der Waals surface area contributed by atoms with Gasteiger partial charge >= 0.3 is 0 Å². The highest BCUT2D eigenvalue weighted by Gasteiger charge is 2.13. The summed E-state index contributed by atoms with van der Waals surface area (Å²) < 4.78 is 29.9. The Kier molecular flexibility index (Phi) is 4.48. The number of rotatable bonds is 5. The third-order valence-electron chi connectivity index (χ3n) is 3.55. The number of methoxy groups -OCH3 is 1. The van der Waals surface area contributed by atoms with Crippen LogP contribution in [0.2, 0.25) is 0 Å². The maximum absolute atomic E-state index is 12.4. The van der Waals surface area contributed by atoms with Gasteiger partial charge in [-0.15, -0.1) is 0 Å². The quantitative estimate of drug-likeness (QED) is 0.573. The van der Waals surface area contributed by atoms with Crippen molar-refractivity contribution in [1.29, 1.82) is 0 Å². The van der Waals surface area contributed by atoms with Gasteiger partial charge in [0, 0.05) is 5.56 Å². The molecule has 0 radical (unpaired) electrons. The maximum atomic E-state index is 12.4. The minimum atomic E-state index is -3.73. The first-order chi connectivity index (χ1) is 11.6. The number of nitrogens with zero attached hydrogens (tertiary/aromatic N) is 1. The van der Waals surface area contributed by atoms with E-state index in [1.165, 1.54) is 6.21 Å². The van der Waals surface area contributed by atoms with Crippen LogP contribution in [-0.2, 0) is 10.0 Å². The fourth-order valence-electron chi connectivity index (χ4n) is 2.33. The molecule has 5 nitrogen and oxygen atoms in total. The molecule has 0 atom stereocenters. The summed E-state index contributed by atoms with van der Waals surface area (Å²) in [6, 6.07) is 19.7. The fraction of sp³-hybridized carbons (Fsp3) is 0.0556. The van der Waals surface area contributed by atoms with E-state index >= 15 is 0 Å². The number of sulfonamides is 1. The molecular weight excluding hydrogens is 324 g/mol. The van der Waals surface area contributed by atoms with Crippen molar-refractivity contribution >= 4 is 27.0 Å². The molecule has 0 aliphatic rings. The van der Waals surface area contributed by atoms with Crippen molar-refractivity contribution in [3.63, 3.8) is 0 Å². The van der Waals surface area contributed by atoms with Crippen molar-refractivity contribution in [3.05, 3.63) is 72.3 Å². The Balaban J connectivity index is 1.83. The molecule has 0 aliphatic carbocycles. The molecule has 0 aromatic heterocycles. The van der Waals surface area contributed by atoms with E-state index < -0.39 is 10.0 Å². The number of nitrogens with one attached hydrogen (secondary N) is 1. The lowest BCUT2D eigenvalue weighted by Gasteiger charge is -2.06. The van der Waals surface area contributed by atoms with Crippen LogP contribution in [0.4, 0.5) is 0 Å². The van der Waals surface area contributed by atoms with Crippen molar-refractivity contribution < 1.29 is 13.2 Å². The molecule has 0 saturated heterocycles. The Labute approximate surface area is 140 Å². The van der Waals surface area contributed by atoms with Crippen LogP contribution < -0.4 is 9.57 Å². The normalized spacial score (nSPS) is 11.7. The topological polar surface area (TPSA) is 67.8 Å². The summed E-state index contributed by atoms with van der Waals surface area (Å²) in [5, 5.41) is 5.67. The van der Waals surface area contributed by atoms with E-state index in [-0.39, 0.29) is 4.90 Å². The Hall–Kier alpha value is -2.86. The van der Waals surface area contributed by atoms with Crippen molar-refractivity contribution in [2.24, 2.45) is 5.10 Å². The number of hydrogen-bond acceptors (Lipinski definition) is 4. The summed E-state index contributed by atoms with van der Waals surface area (Å²) in [5.41, 5.74) is 0.682. The highest BCUT2D eigenvalue weighted by Crippen LogP contribution is 2.19. The van der Waals surface area contributed by atoms with Gasteiger partial charge in [0.15, 0.2) is 0 Å². The lowest BCUT2D eigenvalue weighted by Crippen LogP contribution is -2.18. The molecule has 3 aromatic carbocycles. The van der Waals surface area contributed by atoms with E-state index in [9.17, 15) is 8.42 Å². The molecule has 1 N–H and O–H groups in total. The Morgan fingerprint density at radius 1 is 0.958 bits per heavy atom. The first kappa shape index (κ1) is 16.0. The molecule has 0 unspecified atom stereocenters. The number of fused-ring (bicyclic) bond motifs is 1. The largest absolute Gasteiger partial charge is 0.496 e. The van der Waals surface area contributed by atoms with E-state index in [0.29, 0.717) is 11.3 Å². The third-order valence-corrected chi connectivity index (χ3v) is 4.77. The second-order valence-corrected chi connectivity index (χ2v) is 6.76. The van der Waals surface area contributed by atoms with Gasteiger partial charge in [0.25, 0.3) is 10.0 Å². The highest BCUT2D eigenvalue weighted by atomic mass is 32.2. The molecular formula is C18H16N2O3S. The van der Waals surface area contributed by atoms with Gasteiger partial charge in [-0.25, -0.2) is 4.83 Å². The minimum Gasteiger partial charge on any atom is -0.496 e. The van der Waals surface area contributed by atoms with Crippen LogP contribution in [0.25, 0.3) is 10.8 Å². The summed E-state index contributed by atoms with van der Waals surface area (Å²) in [7, 11) is -2.18. The molecule has 122 valence electrons. The predicted octanol–water partition coefficient (Wildman–Crippen LogP) is 3.16. The van der Waals surface area contributed by atoms with Gasteiger partial charge in [-0.2, -0.15) is 13.5 Å². The van der Waals surface area contributed by atoms with Gasteiger partial charge in [-0.3, -0.25) is 0 Å². The van der Waals surface area contributed by atoms with Crippen LogP contribution >= 0.6 is 0 Å². The van der Waals surface area contributed by atoms with Crippen molar-refractivity contribution in [1.82, 2.24) is 4.83 Å². The standard InChI is InChI=1S/C18H16N2O3S/c1-23-18-9-5-4-8-16(18)13-19-20-24(21,22)17-11-10-14-6-2-3-7-15(14)12-17/h2-13,20H,1H3. The lowest BCUT2D eigenvalue weighted by atomic mass is 10.1. The monoisotopic (exact) mass is 340 g/mol. The van der Waals surface area contributed by atoms with E-state index in [0.717, 1.165) is 10.8 Å². The Morgan fingerprint density at radius 2 is 1.67 bits per heavy atom. The number of benzene rings is 3. The molecule has 0 aliphatic heterocycles. The average molecular weight is 340 g/mol. The first-order valence-corrected chi connectivity index (χ1v) is 8.75. The van der Waals surface area contributed by atoms with Gasteiger partial charge in [0.05, 0.1) is 18.2 Å². The molecule has 6 heteroatoms. The van der Waals surface area contributed by atoms with Crippen molar-refractivity contribution in [2.45, 2.75) is 4.90 Å². The molecule has 0 fully saturated rings. The molecule has 0 spiro atoms. The number of para-hydroxylation sites is 1. The lowest BCUT2D eigenvalue weighted by molar-refractivity contribution is 0.414. The van der Waals surface area contributed by atoms with Crippen molar-refractivity contribution in [2.75, 3.05) is 7.11 Å². The molecule has 0 saturated carbocycles. The van der Waals surface area contributed by atoms with Crippen LogP contribution in [0.15, 0.2) is 76.7 Å². The predicted molar refractivity (Wildman–Crippen MR) is 94.9 cm³/mol. The summed E-state index contributed by atoms with van der Waals surface area (Å²) in [6.45, 7) is 0. The van der Waals surface area contributed by atoms with Crippen LogP contribution in [0.1, 0.15) is 5.56 Å². The van der Waals surface area contributed by atoms with Gasteiger partial charge in [-0.05, 0) is 35.0 Å². The molecule has 24 heavy (non-hydrogen) atoms. The van der Waals surface area contributed by atoms with Gasteiger partial charge < -0.3 is 4.74 Å². The summed E-state index contributed by atoms with van der Waals surface area (Å²) >= 11 is 0.